The van der Waals surface area contributed by atoms with E-state index in [0.29, 0.717) is 12.0 Å². The van der Waals surface area contributed by atoms with Gasteiger partial charge in [-0.25, -0.2) is 0 Å². The number of fused-ring (bicyclic) bond motifs is 5. The minimum atomic E-state index is 0.493. The molecule has 0 spiro atoms. The Morgan fingerprint density at radius 2 is 1.95 bits per heavy atom. The summed E-state index contributed by atoms with van der Waals surface area (Å²) in [7, 11) is 3.98. The van der Waals surface area contributed by atoms with Crippen molar-refractivity contribution in [3.63, 3.8) is 0 Å². The van der Waals surface area contributed by atoms with Gasteiger partial charge >= 0.3 is 0 Å². The van der Waals surface area contributed by atoms with Gasteiger partial charge in [-0.2, -0.15) is 0 Å². The quantitative estimate of drug-likeness (QED) is 0.777. The van der Waals surface area contributed by atoms with Crippen molar-refractivity contribution in [2.24, 2.45) is 0 Å². The molecule has 0 unspecified atom stereocenters. The minimum Gasteiger partial charge on any atom is -0.497 e. The monoisotopic (exact) mass is 265 g/mol. The number of hydrogen-bond donors (Lipinski definition) is 0. The zero-order valence-electron chi connectivity index (χ0n) is 12.2. The number of likely N-dealkylation sites (N-methyl/N-ethyl adjacent to an activating group) is 1. The van der Waals surface area contributed by atoms with E-state index in [9.17, 15) is 0 Å². The highest BCUT2D eigenvalue weighted by molar-refractivity contribution is 5.70. The lowest BCUT2D eigenvalue weighted by atomic mass is 9.94. The van der Waals surface area contributed by atoms with Crippen molar-refractivity contribution < 1.29 is 4.74 Å². The molecule has 0 radical (unpaired) electrons. The molecule has 102 valence electrons. The van der Waals surface area contributed by atoms with Gasteiger partial charge in [-0.3, -0.25) is 0 Å². The Bertz CT molecular complexity index is 692. The number of benzene rings is 2. The van der Waals surface area contributed by atoms with Crippen molar-refractivity contribution >= 4 is 5.69 Å². The van der Waals surface area contributed by atoms with E-state index < -0.39 is 0 Å². The van der Waals surface area contributed by atoms with E-state index in [1.807, 2.05) is 0 Å². The Hall–Kier alpha value is -1.96. The zero-order chi connectivity index (χ0) is 13.9. The molecule has 1 aliphatic carbocycles. The average molecular weight is 265 g/mol. The second-order valence-corrected chi connectivity index (χ2v) is 5.95. The molecule has 1 aliphatic heterocycles. The van der Waals surface area contributed by atoms with Crippen LogP contribution in [0.2, 0.25) is 0 Å². The molecule has 0 saturated heterocycles. The van der Waals surface area contributed by atoms with E-state index in [1.165, 1.54) is 27.9 Å². The highest BCUT2D eigenvalue weighted by Gasteiger charge is 2.43. The maximum atomic E-state index is 5.46. The van der Waals surface area contributed by atoms with Crippen LogP contribution in [0.25, 0.3) is 0 Å². The molecular weight excluding hydrogens is 246 g/mol. The molecule has 2 aromatic rings. The summed E-state index contributed by atoms with van der Waals surface area (Å²) in [5, 5.41) is 0. The van der Waals surface area contributed by atoms with Gasteiger partial charge in [-0.1, -0.05) is 24.3 Å². The first kappa shape index (κ1) is 11.8. The molecule has 0 N–H and O–H groups in total. The molecule has 2 aromatic carbocycles. The van der Waals surface area contributed by atoms with Crippen molar-refractivity contribution in [2.75, 3.05) is 19.1 Å². The Kier molecular flexibility index (Phi) is 2.38. The number of aryl methyl sites for hydroxylation is 1. The molecule has 20 heavy (non-hydrogen) atoms. The summed E-state index contributed by atoms with van der Waals surface area (Å²) in [6.07, 6.45) is 1.14. The normalized spacial score (nSPS) is 22.4. The lowest BCUT2D eigenvalue weighted by molar-refractivity contribution is 0.413. The van der Waals surface area contributed by atoms with Crippen LogP contribution < -0.4 is 9.64 Å². The van der Waals surface area contributed by atoms with Crippen LogP contribution in [-0.4, -0.2) is 14.2 Å². The molecule has 4 rings (SSSR count). The number of nitrogens with zero attached hydrogens (tertiary/aromatic N) is 1. The van der Waals surface area contributed by atoms with E-state index in [2.05, 4.69) is 55.3 Å². The van der Waals surface area contributed by atoms with Gasteiger partial charge in [0.15, 0.2) is 0 Å². The van der Waals surface area contributed by atoms with Crippen molar-refractivity contribution in [3.8, 4) is 5.75 Å². The van der Waals surface area contributed by atoms with Crippen LogP contribution >= 0.6 is 0 Å². The maximum absolute atomic E-state index is 5.46. The SMILES string of the molecule is COc1cc(C)c2c(c1)[C@@H]1Cc3ccccc3[C@@H]1N2C. The van der Waals surface area contributed by atoms with Gasteiger partial charge in [-0.15, -0.1) is 0 Å². The summed E-state index contributed by atoms with van der Waals surface area (Å²) in [5.74, 6) is 1.55. The molecule has 0 fully saturated rings. The first-order chi connectivity index (χ1) is 9.70. The van der Waals surface area contributed by atoms with Crippen molar-refractivity contribution in [1.29, 1.82) is 0 Å². The van der Waals surface area contributed by atoms with Gasteiger partial charge in [0.1, 0.15) is 5.75 Å². The molecule has 2 nitrogen and oxygen atoms in total. The molecular formula is C18H19NO. The summed E-state index contributed by atoms with van der Waals surface area (Å²) in [6.45, 7) is 2.19. The second kappa shape index (κ2) is 4.02. The number of hydrogen-bond acceptors (Lipinski definition) is 2. The number of rotatable bonds is 1. The van der Waals surface area contributed by atoms with Crippen LogP contribution in [0.15, 0.2) is 36.4 Å². The Morgan fingerprint density at radius 1 is 1.15 bits per heavy atom. The fourth-order valence-corrected chi connectivity index (χ4v) is 4.13. The predicted molar refractivity (Wildman–Crippen MR) is 81.8 cm³/mol. The average Bonchev–Trinajstić information content (AvgIpc) is 2.96. The Labute approximate surface area is 120 Å². The van der Waals surface area contributed by atoms with Crippen LogP contribution in [0.5, 0.6) is 5.75 Å². The summed E-state index contributed by atoms with van der Waals surface area (Å²) in [5.41, 5.74) is 7.16. The molecule has 0 aromatic heterocycles. The van der Waals surface area contributed by atoms with E-state index in [-0.39, 0.29) is 0 Å². The van der Waals surface area contributed by atoms with E-state index in [0.717, 1.165) is 12.2 Å². The van der Waals surface area contributed by atoms with Crippen LogP contribution in [-0.2, 0) is 6.42 Å². The third-order valence-corrected chi connectivity index (χ3v) is 4.90. The first-order valence-corrected chi connectivity index (χ1v) is 7.20. The summed E-state index contributed by atoms with van der Waals surface area (Å²) >= 11 is 0. The fraction of sp³-hybridized carbons (Fsp3) is 0.333. The largest absolute Gasteiger partial charge is 0.497 e. The van der Waals surface area contributed by atoms with E-state index in [1.54, 1.807) is 7.11 Å². The highest BCUT2D eigenvalue weighted by Crippen LogP contribution is 2.56. The summed E-state index contributed by atoms with van der Waals surface area (Å²) < 4.78 is 5.46. The Morgan fingerprint density at radius 3 is 2.75 bits per heavy atom. The lowest BCUT2D eigenvalue weighted by Gasteiger charge is -2.24. The summed E-state index contributed by atoms with van der Waals surface area (Å²) in [6, 6.07) is 13.7. The second-order valence-electron chi connectivity index (χ2n) is 5.95. The van der Waals surface area contributed by atoms with Gasteiger partial charge in [-0.05, 0) is 47.7 Å². The molecule has 0 saturated carbocycles. The minimum absolute atomic E-state index is 0.493. The molecule has 2 atom stereocenters. The van der Waals surface area contributed by atoms with Gasteiger partial charge in [0.2, 0.25) is 0 Å². The highest BCUT2D eigenvalue weighted by atomic mass is 16.5. The van der Waals surface area contributed by atoms with Gasteiger partial charge in [0, 0.05) is 18.7 Å². The third kappa shape index (κ3) is 1.39. The fourth-order valence-electron chi connectivity index (χ4n) is 4.13. The molecule has 1 heterocycles. The topological polar surface area (TPSA) is 12.5 Å². The molecule has 2 heteroatoms. The smallest absolute Gasteiger partial charge is 0.119 e. The Balaban J connectivity index is 1.89. The number of methoxy groups -OCH3 is 1. The van der Waals surface area contributed by atoms with Crippen LogP contribution in [0.3, 0.4) is 0 Å². The molecule has 0 amide bonds. The standard InChI is InChI=1S/C18H19NO/c1-11-8-13(20-3)10-16-15-9-12-6-4-5-7-14(12)18(15)19(2)17(11)16/h4-8,10,15,18H,9H2,1-3H3/t15-,18-/m0/s1. The maximum Gasteiger partial charge on any atom is 0.119 e. The van der Waals surface area contributed by atoms with Crippen molar-refractivity contribution in [2.45, 2.75) is 25.3 Å². The number of anilines is 1. The van der Waals surface area contributed by atoms with Crippen molar-refractivity contribution in [1.82, 2.24) is 0 Å². The van der Waals surface area contributed by atoms with Crippen LogP contribution in [0.1, 0.15) is 34.2 Å². The number of ether oxygens (including phenoxy) is 1. The van der Waals surface area contributed by atoms with Crippen molar-refractivity contribution in [3.05, 3.63) is 58.7 Å². The van der Waals surface area contributed by atoms with Crippen LogP contribution in [0.4, 0.5) is 5.69 Å². The molecule has 0 bridgehead atoms. The van der Waals surface area contributed by atoms with Gasteiger partial charge < -0.3 is 9.64 Å². The van der Waals surface area contributed by atoms with Crippen LogP contribution in [0, 0.1) is 6.92 Å². The van der Waals surface area contributed by atoms with E-state index >= 15 is 0 Å². The van der Waals surface area contributed by atoms with E-state index in [4.69, 9.17) is 4.74 Å². The zero-order valence-corrected chi connectivity index (χ0v) is 12.2. The van der Waals surface area contributed by atoms with Gasteiger partial charge in [0.25, 0.3) is 0 Å². The summed E-state index contributed by atoms with van der Waals surface area (Å²) in [4.78, 5) is 2.46. The lowest BCUT2D eigenvalue weighted by Crippen LogP contribution is -2.20. The molecule has 2 aliphatic rings. The third-order valence-electron chi connectivity index (χ3n) is 4.90. The predicted octanol–water partition coefficient (Wildman–Crippen LogP) is 3.83. The first-order valence-electron chi connectivity index (χ1n) is 7.20. The van der Waals surface area contributed by atoms with Gasteiger partial charge in [0.05, 0.1) is 13.2 Å².